The topological polar surface area (TPSA) is 116 Å². The van der Waals surface area contributed by atoms with Gasteiger partial charge in [-0.05, 0) is 6.92 Å². The van der Waals surface area contributed by atoms with E-state index in [0.29, 0.717) is 26.2 Å². The van der Waals surface area contributed by atoms with E-state index in [2.05, 4.69) is 5.32 Å². The number of urea groups is 1. The van der Waals surface area contributed by atoms with Crippen LogP contribution in [0.2, 0.25) is 0 Å². The summed E-state index contributed by atoms with van der Waals surface area (Å²) in [6.07, 6.45) is 0.102. The summed E-state index contributed by atoms with van der Waals surface area (Å²) in [4.78, 5) is 36.5. The van der Waals surface area contributed by atoms with Crippen LogP contribution in [0.15, 0.2) is 0 Å². The maximum atomic E-state index is 11.8. The van der Waals surface area contributed by atoms with Gasteiger partial charge in [0.1, 0.15) is 0 Å². The summed E-state index contributed by atoms with van der Waals surface area (Å²) in [6, 6.07) is -0.550. The highest BCUT2D eigenvalue weighted by molar-refractivity contribution is 5.77. The second-order valence-electron chi connectivity index (χ2n) is 4.68. The maximum absolute atomic E-state index is 11.8. The molecule has 3 amide bonds. The number of rotatable bonds is 5. The number of primary amides is 1. The Balaban J connectivity index is 2.32. The van der Waals surface area contributed by atoms with E-state index in [1.54, 1.807) is 16.7 Å². The molecule has 1 aliphatic heterocycles. The van der Waals surface area contributed by atoms with Crippen molar-refractivity contribution in [3.05, 3.63) is 0 Å². The zero-order chi connectivity index (χ0) is 14.4. The summed E-state index contributed by atoms with van der Waals surface area (Å²) in [6.45, 7) is 3.72. The van der Waals surface area contributed by atoms with Gasteiger partial charge in [0.25, 0.3) is 0 Å². The van der Waals surface area contributed by atoms with Gasteiger partial charge >= 0.3 is 12.0 Å². The fourth-order valence-electron chi connectivity index (χ4n) is 1.96. The molecule has 0 aromatic rings. The molecule has 0 aliphatic carbocycles. The fraction of sp³-hybridized carbons (Fsp3) is 0.727. The Hall–Kier alpha value is -1.83. The number of carboxylic acids is 1. The van der Waals surface area contributed by atoms with Gasteiger partial charge in [-0.15, -0.1) is 0 Å². The summed E-state index contributed by atoms with van der Waals surface area (Å²) in [7, 11) is 0. The van der Waals surface area contributed by atoms with Crippen molar-refractivity contribution in [1.82, 2.24) is 15.1 Å². The standard InChI is InChI=1S/C11H20N4O4/c1-8(6-9(12)16)13-11(19)15-4-2-14(3-5-15)7-10(17)18/h8H,2-7H2,1H3,(H2,12,16)(H,13,19)(H,17,18). The number of piperazine rings is 1. The fourth-order valence-corrected chi connectivity index (χ4v) is 1.96. The summed E-state index contributed by atoms with van der Waals surface area (Å²) < 4.78 is 0. The molecule has 0 saturated carbocycles. The molecule has 0 aromatic heterocycles. The van der Waals surface area contributed by atoms with Crippen molar-refractivity contribution in [2.75, 3.05) is 32.7 Å². The lowest BCUT2D eigenvalue weighted by molar-refractivity contribution is -0.138. The molecule has 0 aromatic carbocycles. The normalized spacial score (nSPS) is 17.8. The number of hydrogen-bond acceptors (Lipinski definition) is 4. The van der Waals surface area contributed by atoms with Gasteiger partial charge in [0.15, 0.2) is 0 Å². The number of hydrogen-bond donors (Lipinski definition) is 3. The van der Waals surface area contributed by atoms with Gasteiger partial charge in [0.2, 0.25) is 5.91 Å². The van der Waals surface area contributed by atoms with E-state index >= 15 is 0 Å². The molecule has 19 heavy (non-hydrogen) atoms. The molecule has 1 aliphatic rings. The zero-order valence-corrected chi connectivity index (χ0v) is 11.0. The van der Waals surface area contributed by atoms with Gasteiger partial charge in [-0.2, -0.15) is 0 Å². The summed E-state index contributed by atoms with van der Waals surface area (Å²) in [5, 5.41) is 11.4. The van der Waals surface area contributed by atoms with Crippen molar-refractivity contribution in [3.8, 4) is 0 Å². The molecule has 1 rings (SSSR count). The van der Waals surface area contributed by atoms with E-state index in [-0.39, 0.29) is 25.0 Å². The predicted octanol–water partition coefficient (Wildman–Crippen LogP) is -1.34. The minimum atomic E-state index is -0.868. The quantitative estimate of drug-likeness (QED) is 0.573. The molecule has 0 spiro atoms. The molecule has 1 heterocycles. The first-order chi connectivity index (χ1) is 8.88. The van der Waals surface area contributed by atoms with Crippen LogP contribution in [0.1, 0.15) is 13.3 Å². The molecule has 1 fully saturated rings. The Morgan fingerprint density at radius 1 is 1.26 bits per heavy atom. The van der Waals surface area contributed by atoms with Crippen molar-refractivity contribution in [1.29, 1.82) is 0 Å². The molecular weight excluding hydrogens is 252 g/mol. The van der Waals surface area contributed by atoms with E-state index in [0.717, 1.165) is 0 Å². The lowest BCUT2D eigenvalue weighted by Gasteiger charge is -2.34. The molecule has 0 bridgehead atoms. The lowest BCUT2D eigenvalue weighted by atomic mass is 10.2. The first-order valence-corrected chi connectivity index (χ1v) is 6.16. The van der Waals surface area contributed by atoms with Crippen molar-refractivity contribution >= 4 is 17.9 Å². The van der Waals surface area contributed by atoms with Gasteiger partial charge in [-0.3, -0.25) is 14.5 Å². The average molecular weight is 272 g/mol. The first-order valence-electron chi connectivity index (χ1n) is 6.16. The third-order valence-electron chi connectivity index (χ3n) is 2.90. The van der Waals surface area contributed by atoms with Gasteiger partial charge in [0, 0.05) is 38.6 Å². The van der Waals surface area contributed by atoms with Crippen molar-refractivity contribution in [2.24, 2.45) is 5.73 Å². The number of amides is 3. The van der Waals surface area contributed by atoms with Crippen molar-refractivity contribution in [2.45, 2.75) is 19.4 Å². The van der Waals surface area contributed by atoms with Crippen LogP contribution in [0.25, 0.3) is 0 Å². The number of aliphatic carboxylic acids is 1. The second kappa shape index (κ2) is 6.93. The Morgan fingerprint density at radius 3 is 2.32 bits per heavy atom. The SMILES string of the molecule is CC(CC(N)=O)NC(=O)N1CCN(CC(=O)O)CC1. The van der Waals surface area contributed by atoms with Crippen LogP contribution in [0.5, 0.6) is 0 Å². The van der Waals surface area contributed by atoms with Gasteiger partial charge < -0.3 is 21.1 Å². The Morgan fingerprint density at radius 2 is 1.84 bits per heavy atom. The summed E-state index contributed by atoms with van der Waals surface area (Å²) >= 11 is 0. The van der Waals surface area contributed by atoms with Crippen molar-refractivity contribution < 1.29 is 19.5 Å². The van der Waals surface area contributed by atoms with Crippen LogP contribution < -0.4 is 11.1 Å². The van der Waals surface area contributed by atoms with Gasteiger partial charge in [-0.25, -0.2) is 4.79 Å². The minimum absolute atomic E-state index is 0.00641. The van der Waals surface area contributed by atoms with E-state index < -0.39 is 11.9 Å². The van der Waals surface area contributed by atoms with Crippen LogP contribution >= 0.6 is 0 Å². The molecule has 8 nitrogen and oxygen atoms in total. The van der Waals surface area contributed by atoms with Crippen LogP contribution in [-0.2, 0) is 9.59 Å². The maximum Gasteiger partial charge on any atom is 0.317 e. The molecular formula is C11H20N4O4. The number of nitrogens with one attached hydrogen (secondary N) is 1. The first kappa shape index (κ1) is 15.2. The second-order valence-corrected chi connectivity index (χ2v) is 4.68. The molecule has 1 unspecified atom stereocenters. The number of carboxylic acid groups (broad SMARTS) is 1. The van der Waals surface area contributed by atoms with Crippen LogP contribution in [-0.4, -0.2) is 71.6 Å². The number of carbonyl (C=O) groups is 3. The number of nitrogens with zero attached hydrogens (tertiary/aromatic N) is 2. The summed E-state index contributed by atoms with van der Waals surface area (Å²) in [5.74, 6) is -1.33. The van der Waals surface area contributed by atoms with E-state index in [1.165, 1.54) is 0 Å². The van der Waals surface area contributed by atoms with E-state index in [1.807, 2.05) is 0 Å². The Kier molecular flexibility index (Phi) is 5.56. The minimum Gasteiger partial charge on any atom is -0.480 e. The molecule has 1 saturated heterocycles. The Bertz CT molecular complexity index is 353. The molecule has 108 valence electrons. The highest BCUT2D eigenvalue weighted by Crippen LogP contribution is 2.02. The van der Waals surface area contributed by atoms with Gasteiger partial charge in [0.05, 0.1) is 6.54 Å². The third-order valence-corrected chi connectivity index (χ3v) is 2.90. The molecule has 1 atom stereocenters. The molecule has 8 heteroatoms. The Labute approximate surface area is 111 Å². The highest BCUT2D eigenvalue weighted by Gasteiger charge is 2.23. The average Bonchev–Trinajstić information content (AvgIpc) is 2.27. The van der Waals surface area contributed by atoms with E-state index in [9.17, 15) is 14.4 Å². The zero-order valence-electron chi connectivity index (χ0n) is 11.0. The largest absolute Gasteiger partial charge is 0.480 e. The number of carbonyl (C=O) groups excluding carboxylic acids is 2. The lowest BCUT2D eigenvalue weighted by Crippen LogP contribution is -2.54. The third kappa shape index (κ3) is 5.56. The van der Waals surface area contributed by atoms with Crippen LogP contribution in [0.4, 0.5) is 4.79 Å². The van der Waals surface area contributed by atoms with Crippen LogP contribution in [0, 0.1) is 0 Å². The molecule has 4 N–H and O–H groups in total. The predicted molar refractivity (Wildman–Crippen MR) is 67.5 cm³/mol. The molecule has 0 radical (unpaired) electrons. The smallest absolute Gasteiger partial charge is 0.317 e. The summed E-state index contributed by atoms with van der Waals surface area (Å²) in [5.41, 5.74) is 5.05. The van der Waals surface area contributed by atoms with Crippen LogP contribution in [0.3, 0.4) is 0 Å². The van der Waals surface area contributed by atoms with Crippen molar-refractivity contribution in [3.63, 3.8) is 0 Å². The van der Waals surface area contributed by atoms with E-state index in [4.69, 9.17) is 10.8 Å². The highest BCUT2D eigenvalue weighted by atomic mass is 16.4. The van der Waals surface area contributed by atoms with Gasteiger partial charge in [-0.1, -0.05) is 0 Å². The number of nitrogens with two attached hydrogens (primary N) is 1. The monoisotopic (exact) mass is 272 g/mol.